The van der Waals surface area contributed by atoms with E-state index in [0.717, 1.165) is 43.5 Å². The summed E-state index contributed by atoms with van der Waals surface area (Å²) in [5, 5.41) is 19.6. The van der Waals surface area contributed by atoms with Crippen molar-refractivity contribution in [2.45, 2.75) is 44.1 Å². The summed E-state index contributed by atoms with van der Waals surface area (Å²) in [6.07, 6.45) is 5.92. The van der Waals surface area contributed by atoms with Gasteiger partial charge in [0.15, 0.2) is 11.6 Å². The van der Waals surface area contributed by atoms with Gasteiger partial charge in [0, 0.05) is 12.5 Å². The van der Waals surface area contributed by atoms with Crippen LogP contribution in [0.3, 0.4) is 0 Å². The van der Waals surface area contributed by atoms with Crippen LogP contribution in [0.15, 0.2) is 24.4 Å². The lowest BCUT2D eigenvalue weighted by Crippen LogP contribution is -2.29. The minimum Gasteiger partial charge on any atom is -0.387 e. The molecule has 1 saturated carbocycles. The number of H-pyrrole nitrogens is 1. The first-order valence-corrected chi connectivity index (χ1v) is 8.50. The van der Waals surface area contributed by atoms with Gasteiger partial charge in [0.25, 0.3) is 5.91 Å². The number of hydrogen-bond donors (Lipinski definition) is 3. The van der Waals surface area contributed by atoms with E-state index in [0.29, 0.717) is 11.5 Å². The molecular formula is C18H21F2N3O2. The van der Waals surface area contributed by atoms with Gasteiger partial charge in [0.1, 0.15) is 0 Å². The number of aliphatic hydroxyl groups excluding tert-OH is 1. The molecular weight excluding hydrogens is 328 g/mol. The zero-order valence-electron chi connectivity index (χ0n) is 13.8. The zero-order chi connectivity index (χ0) is 17.8. The van der Waals surface area contributed by atoms with Crippen molar-refractivity contribution in [3.05, 3.63) is 52.9 Å². The number of carbonyl (C=O) groups is 1. The number of hydrogen-bond acceptors (Lipinski definition) is 3. The highest BCUT2D eigenvalue weighted by molar-refractivity contribution is 5.95. The Balaban J connectivity index is 1.62. The fraction of sp³-hybridized carbons (Fsp3) is 0.444. The molecule has 0 radical (unpaired) electrons. The Morgan fingerprint density at radius 1 is 1.28 bits per heavy atom. The summed E-state index contributed by atoms with van der Waals surface area (Å²) in [4.78, 5) is 12.4. The Morgan fingerprint density at radius 2 is 2.04 bits per heavy atom. The quantitative estimate of drug-likeness (QED) is 0.776. The molecule has 2 aromatic rings. The molecule has 0 spiro atoms. The van der Waals surface area contributed by atoms with Crippen LogP contribution in [-0.2, 0) is 0 Å². The molecule has 1 aliphatic carbocycles. The van der Waals surface area contributed by atoms with Gasteiger partial charge in [0.2, 0.25) is 0 Å². The summed E-state index contributed by atoms with van der Waals surface area (Å²) >= 11 is 0. The monoisotopic (exact) mass is 349 g/mol. The van der Waals surface area contributed by atoms with Gasteiger partial charge in [-0.05, 0) is 30.5 Å². The first-order chi connectivity index (χ1) is 12.1. The molecule has 0 bridgehead atoms. The highest BCUT2D eigenvalue weighted by Crippen LogP contribution is 2.33. The molecule has 1 aromatic heterocycles. The third-order valence-electron chi connectivity index (χ3n) is 4.71. The summed E-state index contributed by atoms with van der Waals surface area (Å²) in [6, 6.07) is 3.17. The van der Waals surface area contributed by atoms with E-state index >= 15 is 0 Å². The summed E-state index contributed by atoms with van der Waals surface area (Å²) < 4.78 is 26.2. The van der Waals surface area contributed by atoms with E-state index in [-0.39, 0.29) is 18.0 Å². The molecule has 3 rings (SSSR count). The van der Waals surface area contributed by atoms with Gasteiger partial charge < -0.3 is 10.4 Å². The van der Waals surface area contributed by atoms with Crippen LogP contribution in [0.25, 0.3) is 0 Å². The number of benzene rings is 1. The molecule has 1 amide bonds. The van der Waals surface area contributed by atoms with Crippen molar-refractivity contribution < 1.29 is 18.7 Å². The number of aromatic nitrogens is 2. The Morgan fingerprint density at radius 3 is 2.76 bits per heavy atom. The predicted molar refractivity (Wildman–Crippen MR) is 88.1 cm³/mol. The topological polar surface area (TPSA) is 78.0 Å². The highest BCUT2D eigenvalue weighted by Gasteiger charge is 2.23. The van der Waals surface area contributed by atoms with Crippen molar-refractivity contribution in [3.63, 3.8) is 0 Å². The summed E-state index contributed by atoms with van der Waals surface area (Å²) in [6.45, 7) is -0.0980. The van der Waals surface area contributed by atoms with E-state index in [1.807, 2.05) is 0 Å². The second-order valence-corrected chi connectivity index (χ2v) is 6.43. The lowest BCUT2D eigenvalue weighted by Gasteiger charge is -2.21. The number of carbonyl (C=O) groups excluding carboxylic acids is 1. The smallest absolute Gasteiger partial charge is 0.254 e. The second-order valence-electron chi connectivity index (χ2n) is 6.43. The van der Waals surface area contributed by atoms with Gasteiger partial charge in [-0.1, -0.05) is 25.3 Å². The number of halogens is 2. The van der Waals surface area contributed by atoms with Crippen LogP contribution >= 0.6 is 0 Å². The van der Waals surface area contributed by atoms with Crippen molar-refractivity contribution in [1.82, 2.24) is 15.5 Å². The minimum atomic E-state index is -1.12. The molecule has 1 aromatic carbocycles. The van der Waals surface area contributed by atoms with Crippen molar-refractivity contribution in [3.8, 4) is 0 Å². The first kappa shape index (κ1) is 17.5. The number of aliphatic hydroxyl groups is 1. The van der Waals surface area contributed by atoms with Gasteiger partial charge in [-0.3, -0.25) is 9.89 Å². The normalized spacial score (nSPS) is 16.6. The standard InChI is InChI=1S/C18H21F2N3O2/c19-14-7-6-12(8-15(14)20)16(24)10-21-18(25)13-9-22-23-17(13)11-4-2-1-3-5-11/h6-9,11,16,24H,1-5,10H2,(H,21,25)(H,22,23)/t16-/m1/s1. The third-order valence-corrected chi connectivity index (χ3v) is 4.71. The van der Waals surface area contributed by atoms with Crippen LogP contribution in [0, 0.1) is 11.6 Å². The Kier molecular flexibility index (Phi) is 5.43. The molecule has 7 heteroatoms. The molecule has 134 valence electrons. The summed E-state index contributed by atoms with van der Waals surface area (Å²) in [5.74, 6) is -2.04. The average Bonchev–Trinajstić information content (AvgIpc) is 3.12. The molecule has 1 aliphatic rings. The molecule has 3 N–H and O–H groups in total. The number of nitrogens with one attached hydrogen (secondary N) is 2. The van der Waals surface area contributed by atoms with E-state index in [4.69, 9.17) is 0 Å². The number of rotatable bonds is 5. The Hall–Kier alpha value is -2.28. The van der Waals surface area contributed by atoms with Crippen molar-refractivity contribution in [2.24, 2.45) is 0 Å². The highest BCUT2D eigenvalue weighted by atomic mass is 19.2. The molecule has 0 aliphatic heterocycles. The van der Waals surface area contributed by atoms with Crippen molar-refractivity contribution >= 4 is 5.91 Å². The van der Waals surface area contributed by atoms with Crippen LogP contribution in [-0.4, -0.2) is 27.8 Å². The van der Waals surface area contributed by atoms with Gasteiger partial charge >= 0.3 is 0 Å². The number of amides is 1. The predicted octanol–water partition coefficient (Wildman–Crippen LogP) is 3.20. The SMILES string of the molecule is O=C(NC[C@@H](O)c1ccc(F)c(F)c1)c1cn[nH]c1C1CCCCC1. The maximum atomic E-state index is 13.2. The van der Waals surface area contributed by atoms with Crippen LogP contribution in [0.4, 0.5) is 8.78 Å². The summed E-state index contributed by atoms with van der Waals surface area (Å²) in [5.41, 5.74) is 1.52. The molecule has 25 heavy (non-hydrogen) atoms. The van der Waals surface area contributed by atoms with Crippen LogP contribution < -0.4 is 5.32 Å². The molecule has 0 saturated heterocycles. The average molecular weight is 349 g/mol. The molecule has 1 heterocycles. The van der Waals surface area contributed by atoms with Crippen molar-refractivity contribution in [2.75, 3.05) is 6.54 Å². The van der Waals surface area contributed by atoms with E-state index in [1.54, 1.807) is 0 Å². The Bertz CT molecular complexity index is 742. The maximum absolute atomic E-state index is 13.2. The summed E-state index contributed by atoms with van der Waals surface area (Å²) in [7, 11) is 0. The van der Waals surface area contributed by atoms with Gasteiger partial charge in [-0.2, -0.15) is 5.10 Å². The zero-order valence-corrected chi connectivity index (χ0v) is 13.8. The van der Waals surface area contributed by atoms with Crippen LogP contribution in [0.2, 0.25) is 0 Å². The number of aromatic amines is 1. The van der Waals surface area contributed by atoms with E-state index < -0.39 is 17.7 Å². The van der Waals surface area contributed by atoms with Gasteiger partial charge in [-0.25, -0.2) is 8.78 Å². The van der Waals surface area contributed by atoms with Crippen molar-refractivity contribution in [1.29, 1.82) is 0 Å². The fourth-order valence-electron chi connectivity index (χ4n) is 3.30. The van der Waals surface area contributed by atoms with E-state index in [2.05, 4.69) is 15.5 Å². The molecule has 1 atom stereocenters. The fourth-order valence-corrected chi connectivity index (χ4v) is 3.30. The molecule has 5 nitrogen and oxygen atoms in total. The van der Waals surface area contributed by atoms with Crippen LogP contribution in [0.5, 0.6) is 0 Å². The van der Waals surface area contributed by atoms with Crippen LogP contribution in [0.1, 0.15) is 65.7 Å². The first-order valence-electron chi connectivity index (χ1n) is 8.50. The largest absolute Gasteiger partial charge is 0.387 e. The minimum absolute atomic E-state index is 0.0980. The molecule has 0 unspecified atom stereocenters. The second kappa shape index (κ2) is 7.74. The maximum Gasteiger partial charge on any atom is 0.254 e. The number of nitrogens with zero attached hydrogens (tertiary/aromatic N) is 1. The van der Waals surface area contributed by atoms with E-state index in [9.17, 15) is 18.7 Å². The molecule has 1 fully saturated rings. The lowest BCUT2D eigenvalue weighted by atomic mass is 9.85. The third kappa shape index (κ3) is 4.04. The Labute approximate surface area is 144 Å². The van der Waals surface area contributed by atoms with E-state index in [1.165, 1.54) is 18.7 Å². The van der Waals surface area contributed by atoms with Gasteiger partial charge in [0.05, 0.1) is 23.6 Å². The van der Waals surface area contributed by atoms with Gasteiger partial charge in [-0.15, -0.1) is 0 Å². The lowest BCUT2D eigenvalue weighted by molar-refractivity contribution is 0.0914.